The number of hydrogen-bond donors (Lipinski definition) is 1. The van der Waals surface area contributed by atoms with Gasteiger partial charge in [0.15, 0.2) is 5.43 Å². The van der Waals surface area contributed by atoms with Crippen LogP contribution in [-0.2, 0) is 13.6 Å². The molecule has 0 atom stereocenters. The van der Waals surface area contributed by atoms with Crippen molar-refractivity contribution < 1.29 is 14.3 Å². The maximum atomic E-state index is 13.5. The van der Waals surface area contributed by atoms with Gasteiger partial charge in [-0.1, -0.05) is 29.8 Å². The fourth-order valence-electron chi connectivity index (χ4n) is 3.47. The molecule has 0 aliphatic heterocycles. The normalized spacial score (nSPS) is 10.8. The van der Waals surface area contributed by atoms with Gasteiger partial charge in [-0.25, -0.2) is 4.79 Å². The van der Waals surface area contributed by atoms with Crippen LogP contribution in [0.2, 0.25) is 5.02 Å². The Balaban J connectivity index is 1.93. The number of benzene rings is 2. The molecular formula is C24H22ClN5O4. The second kappa shape index (κ2) is 9.40. The van der Waals surface area contributed by atoms with Gasteiger partial charge in [0.2, 0.25) is 5.88 Å². The van der Waals surface area contributed by atoms with Crippen molar-refractivity contribution in [2.45, 2.75) is 6.54 Å². The molecule has 34 heavy (non-hydrogen) atoms. The Morgan fingerprint density at radius 1 is 1.15 bits per heavy atom. The fraction of sp³-hybridized carbons (Fsp3) is 0.167. The smallest absolute Gasteiger partial charge is 0.392 e. The lowest BCUT2D eigenvalue weighted by atomic mass is 10.1. The SMILES string of the molecule is CN(C)C(=O)Oc1c(CNC(=O)c2cnn(C)c2)c(=O)c2ccc(Cl)cc2n1-c1ccccc1. The number of pyridine rings is 1. The second-order valence-electron chi connectivity index (χ2n) is 7.79. The van der Waals surface area contributed by atoms with Gasteiger partial charge >= 0.3 is 6.09 Å². The standard InChI is InChI=1S/C24H22ClN5O4/c1-28(2)24(33)34-23-19(13-26-22(32)15-12-27-29(3)14-15)21(31)18-10-9-16(25)11-20(18)30(23)17-7-5-4-6-8-17/h4-12,14H,13H2,1-3H3,(H,26,32). The van der Waals surface area contributed by atoms with Crippen LogP contribution in [0.5, 0.6) is 5.88 Å². The minimum atomic E-state index is -0.676. The summed E-state index contributed by atoms with van der Waals surface area (Å²) in [7, 11) is 4.77. The van der Waals surface area contributed by atoms with E-state index in [9.17, 15) is 14.4 Å². The molecule has 0 saturated carbocycles. The zero-order chi connectivity index (χ0) is 24.4. The molecule has 9 nitrogen and oxygen atoms in total. The minimum Gasteiger partial charge on any atom is -0.392 e. The number of halogens is 1. The van der Waals surface area contributed by atoms with Gasteiger partial charge in [-0.3, -0.25) is 18.8 Å². The van der Waals surface area contributed by atoms with Crippen LogP contribution in [0.3, 0.4) is 0 Å². The van der Waals surface area contributed by atoms with E-state index in [1.54, 1.807) is 36.0 Å². The zero-order valence-corrected chi connectivity index (χ0v) is 19.5. The predicted octanol–water partition coefficient (Wildman–Crippen LogP) is 3.37. The number of aryl methyl sites for hydroxylation is 1. The van der Waals surface area contributed by atoms with E-state index in [0.717, 1.165) is 0 Å². The van der Waals surface area contributed by atoms with Crippen LogP contribution in [0, 0.1) is 0 Å². The predicted molar refractivity (Wildman–Crippen MR) is 129 cm³/mol. The number of rotatable bonds is 5. The number of amides is 2. The van der Waals surface area contributed by atoms with Gasteiger partial charge in [0.1, 0.15) is 0 Å². The largest absolute Gasteiger partial charge is 0.416 e. The molecule has 0 unspecified atom stereocenters. The van der Waals surface area contributed by atoms with Crippen molar-refractivity contribution in [1.29, 1.82) is 0 Å². The first-order valence-corrected chi connectivity index (χ1v) is 10.7. The summed E-state index contributed by atoms with van der Waals surface area (Å²) in [5.41, 5.74) is 1.19. The maximum absolute atomic E-state index is 13.5. The molecule has 0 saturated heterocycles. The van der Waals surface area contributed by atoms with Crippen LogP contribution >= 0.6 is 11.6 Å². The van der Waals surface area contributed by atoms with E-state index >= 15 is 0 Å². The third-order valence-corrected chi connectivity index (χ3v) is 5.37. The van der Waals surface area contributed by atoms with Crippen LogP contribution in [0.4, 0.5) is 4.79 Å². The lowest BCUT2D eigenvalue weighted by Crippen LogP contribution is -2.31. The highest BCUT2D eigenvalue weighted by atomic mass is 35.5. The van der Waals surface area contributed by atoms with Crippen LogP contribution < -0.4 is 15.5 Å². The summed E-state index contributed by atoms with van der Waals surface area (Å²) in [6.07, 6.45) is 2.31. The molecule has 4 rings (SSSR count). The van der Waals surface area contributed by atoms with Gasteiger partial charge in [-0.2, -0.15) is 5.10 Å². The highest BCUT2D eigenvalue weighted by Crippen LogP contribution is 2.29. The molecular weight excluding hydrogens is 458 g/mol. The van der Waals surface area contributed by atoms with Crippen molar-refractivity contribution in [2.75, 3.05) is 14.1 Å². The van der Waals surface area contributed by atoms with E-state index < -0.39 is 12.0 Å². The van der Waals surface area contributed by atoms with Crippen molar-refractivity contribution in [3.63, 3.8) is 0 Å². The average Bonchev–Trinajstić information content (AvgIpc) is 3.25. The first kappa shape index (κ1) is 23.1. The molecule has 0 aliphatic carbocycles. The lowest BCUT2D eigenvalue weighted by Gasteiger charge is -2.21. The Labute approximate surface area is 200 Å². The first-order chi connectivity index (χ1) is 16.3. The summed E-state index contributed by atoms with van der Waals surface area (Å²) in [4.78, 5) is 40.0. The minimum absolute atomic E-state index is 0.00356. The number of nitrogens with one attached hydrogen (secondary N) is 1. The van der Waals surface area contributed by atoms with Crippen molar-refractivity contribution in [3.8, 4) is 11.6 Å². The molecule has 2 aromatic carbocycles. The Morgan fingerprint density at radius 2 is 1.88 bits per heavy atom. The van der Waals surface area contributed by atoms with E-state index in [4.69, 9.17) is 16.3 Å². The van der Waals surface area contributed by atoms with E-state index in [2.05, 4.69) is 10.4 Å². The van der Waals surface area contributed by atoms with Gasteiger partial charge in [0, 0.05) is 43.4 Å². The molecule has 4 aromatic rings. The number of fused-ring (bicyclic) bond motifs is 1. The number of aromatic nitrogens is 3. The molecule has 1 N–H and O–H groups in total. The van der Waals surface area contributed by atoms with Gasteiger partial charge in [0.05, 0.1) is 29.4 Å². The number of nitrogens with zero attached hydrogens (tertiary/aromatic N) is 4. The quantitative estimate of drug-likeness (QED) is 0.473. The topological polar surface area (TPSA) is 98.5 Å². The maximum Gasteiger partial charge on any atom is 0.416 e. The molecule has 0 bridgehead atoms. The molecule has 2 heterocycles. The molecule has 0 fully saturated rings. The number of carbonyl (C=O) groups is 2. The molecule has 2 aromatic heterocycles. The Bertz CT molecular complexity index is 1440. The van der Waals surface area contributed by atoms with Gasteiger partial charge < -0.3 is 15.0 Å². The molecule has 174 valence electrons. The van der Waals surface area contributed by atoms with Crippen LogP contribution in [-0.4, -0.2) is 45.3 Å². The van der Waals surface area contributed by atoms with Crippen LogP contribution in [0.1, 0.15) is 15.9 Å². The summed E-state index contributed by atoms with van der Waals surface area (Å²) in [6, 6.07) is 14.0. The average molecular weight is 480 g/mol. The third-order valence-electron chi connectivity index (χ3n) is 5.14. The van der Waals surface area contributed by atoms with Crippen molar-refractivity contribution in [1.82, 2.24) is 24.6 Å². The first-order valence-electron chi connectivity index (χ1n) is 10.3. The van der Waals surface area contributed by atoms with E-state index in [0.29, 0.717) is 27.2 Å². The van der Waals surface area contributed by atoms with Gasteiger partial charge in [0.25, 0.3) is 5.91 Å². The number of carbonyl (C=O) groups excluding carboxylic acids is 2. The molecule has 10 heteroatoms. The highest BCUT2D eigenvalue weighted by Gasteiger charge is 2.23. The van der Waals surface area contributed by atoms with Crippen molar-refractivity contribution in [3.05, 3.63) is 87.3 Å². The van der Waals surface area contributed by atoms with Gasteiger partial charge in [-0.05, 0) is 30.3 Å². The number of hydrogen-bond acceptors (Lipinski definition) is 5. The summed E-state index contributed by atoms with van der Waals surface area (Å²) in [6.45, 7) is -0.173. The molecule has 0 radical (unpaired) electrons. The number of para-hydroxylation sites is 1. The van der Waals surface area contributed by atoms with Crippen molar-refractivity contribution in [2.24, 2.45) is 7.05 Å². The summed E-state index contributed by atoms with van der Waals surface area (Å²) >= 11 is 6.26. The Kier molecular flexibility index (Phi) is 6.38. The monoisotopic (exact) mass is 479 g/mol. The molecule has 2 amide bonds. The second-order valence-corrected chi connectivity index (χ2v) is 8.23. The summed E-state index contributed by atoms with van der Waals surface area (Å²) in [5.74, 6) is -0.420. The van der Waals surface area contributed by atoms with Crippen molar-refractivity contribution >= 4 is 34.5 Å². The molecule has 0 spiro atoms. The van der Waals surface area contributed by atoms with Gasteiger partial charge in [-0.15, -0.1) is 0 Å². The number of ether oxygens (including phenoxy) is 1. The Morgan fingerprint density at radius 3 is 2.53 bits per heavy atom. The van der Waals surface area contributed by atoms with E-state index in [1.807, 2.05) is 30.3 Å². The molecule has 0 aliphatic rings. The van der Waals surface area contributed by atoms with E-state index in [1.165, 1.54) is 29.9 Å². The zero-order valence-electron chi connectivity index (χ0n) is 18.8. The Hall–Kier alpha value is -4.11. The summed E-state index contributed by atoms with van der Waals surface area (Å²) in [5, 5.41) is 7.50. The van der Waals surface area contributed by atoms with Crippen LogP contribution in [0.15, 0.2) is 65.7 Å². The third kappa shape index (κ3) is 4.51. The highest BCUT2D eigenvalue weighted by molar-refractivity contribution is 6.31. The van der Waals surface area contributed by atoms with E-state index in [-0.39, 0.29) is 23.4 Å². The van der Waals surface area contributed by atoms with Crippen LogP contribution in [0.25, 0.3) is 16.6 Å². The lowest BCUT2D eigenvalue weighted by molar-refractivity contribution is 0.0950. The fourth-order valence-corrected chi connectivity index (χ4v) is 3.63. The summed E-state index contributed by atoms with van der Waals surface area (Å²) < 4.78 is 8.85.